The molecule has 8 nitrogen and oxygen atoms in total. The van der Waals surface area contributed by atoms with E-state index in [9.17, 15) is 16.8 Å². The first kappa shape index (κ1) is 17.7. The number of nitrogens with two attached hydrogens (primary N) is 2. The number of primary sulfonamides is 1. The Bertz CT molecular complexity index is 727. The van der Waals surface area contributed by atoms with Crippen LogP contribution in [0, 0.1) is 0 Å². The molecule has 0 saturated heterocycles. The van der Waals surface area contributed by atoms with Gasteiger partial charge in [-0.1, -0.05) is 0 Å². The average Bonchev–Trinajstić information content (AvgIpc) is 2.21. The summed E-state index contributed by atoms with van der Waals surface area (Å²) in [6, 6.07) is 4.12. The third-order valence-corrected chi connectivity index (χ3v) is 4.27. The lowest BCUT2D eigenvalue weighted by atomic mass is 10.1. The Balaban J connectivity index is 2.92. The van der Waals surface area contributed by atoms with E-state index in [0.29, 0.717) is 5.69 Å². The summed E-state index contributed by atoms with van der Waals surface area (Å²) >= 11 is 0. The Labute approximate surface area is 125 Å². The molecule has 120 valence electrons. The van der Waals surface area contributed by atoms with Crippen LogP contribution < -0.4 is 20.9 Å². The fourth-order valence-corrected chi connectivity index (χ4v) is 3.42. The van der Waals surface area contributed by atoms with Crippen LogP contribution in [0.4, 0.5) is 11.4 Å². The summed E-state index contributed by atoms with van der Waals surface area (Å²) in [5.41, 5.74) is 5.53. The molecule has 0 aliphatic carbocycles. The molecule has 0 spiro atoms. The van der Waals surface area contributed by atoms with Gasteiger partial charge in [0.1, 0.15) is 0 Å². The molecule has 0 atom stereocenters. The van der Waals surface area contributed by atoms with E-state index in [-0.39, 0.29) is 17.1 Å². The minimum absolute atomic E-state index is 0.112. The number of hydrogen-bond acceptors (Lipinski definition) is 6. The molecule has 0 fully saturated rings. The summed E-state index contributed by atoms with van der Waals surface area (Å²) in [5, 5.41) is 7.99. The van der Waals surface area contributed by atoms with Crippen LogP contribution in [0.5, 0.6) is 0 Å². The first-order valence-corrected chi connectivity index (χ1v) is 9.38. The molecule has 0 heterocycles. The Morgan fingerprint density at radius 3 is 2.19 bits per heavy atom. The Kier molecular flexibility index (Phi) is 4.88. The second-order valence-corrected chi connectivity index (χ2v) is 8.76. The molecule has 1 rings (SSSR count). The third-order valence-electron chi connectivity index (χ3n) is 2.45. The Morgan fingerprint density at radius 2 is 1.71 bits per heavy atom. The lowest BCUT2D eigenvalue weighted by Crippen LogP contribution is -2.47. The first-order chi connectivity index (χ1) is 9.28. The lowest BCUT2D eigenvalue weighted by Gasteiger charge is -2.26. The van der Waals surface area contributed by atoms with Crippen LogP contribution in [0.1, 0.15) is 13.8 Å². The van der Waals surface area contributed by atoms with E-state index < -0.39 is 25.6 Å². The number of hydrogen-bond donors (Lipinski definition) is 4. The highest BCUT2D eigenvalue weighted by molar-refractivity contribution is 7.89. The maximum absolute atomic E-state index is 11.3. The van der Waals surface area contributed by atoms with Crippen molar-refractivity contribution in [2.45, 2.75) is 24.3 Å². The van der Waals surface area contributed by atoms with Crippen molar-refractivity contribution in [2.75, 3.05) is 23.9 Å². The zero-order valence-electron chi connectivity index (χ0n) is 12.0. The third kappa shape index (κ3) is 6.29. The SMILES string of the molecule is CC(C)(CNc1cc(N)cc(S(N)(=O)=O)c1)NS(C)(=O)=O. The summed E-state index contributed by atoms with van der Waals surface area (Å²) in [6.45, 7) is 3.61. The van der Waals surface area contributed by atoms with Gasteiger partial charge in [-0.15, -0.1) is 0 Å². The van der Waals surface area contributed by atoms with Crippen molar-refractivity contribution in [1.82, 2.24) is 4.72 Å². The highest BCUT2D eigenvalue weighted by Gasteiger charge is 2.22. The summed E-state index contributed by atoms with van der Waals surface area (Å²) < 4.78 is 47.6. The minimum Gasteiger partial charge on any atom is -0.399 e. The van der Waals surface area contributed by atoms with Crippen molar-refractivity contribution in [3.63, 3.8) is 0 Å². The molecule has 0 saturated carbocycles. The topological polar surface area (TPSA) is 144 Å². The van der Waals surface area contributed by atoms with Gasteiger partial charge in [0.05, 0.1) is 11.2 Å². The average molecular weight is 336 g/mol. The Morgan fingerprint density at radius 1 is 1.14 bits per heavy atom. The van der Waals surface area contributed by atoms with Gasteiger partial charge in [-0.3, -0.25) is 0 Å². The molecule has 0 aromatic heterocycles. The van der Waals surface area contributed by atoms with Crippen LogP contribution in [0.25, 0.3) is 0 Å². The summed E-state index contributed by atoms with van der Waals surface area (Å²) in [4.78, 5) is -0.112. The van der Waals surface area contributed by atoms with Gasteiger partial charge in [-0.25, -0.2) is 26.7 Å². The second-order valence-electron chi connectivity index (χ2n) is 5.45. The number of benzene rings is 1. The highest BCUT2D eigenvalue weighted by Crippen LogP contribution is 2.20. The van der Waals surface area contributed by atoms with Crippen LogP contribution >= 0.6 is 0 Å². The molecule has 0 aliphatic rings. The van der Waals surface area contributed by atoms with E-state index in [1.165, 1.54) is 18.2 Å². The molecular weight excluding hydrogens is 316 g/mol. The minimum atomic E-state index is -3.86. The fourth-order valence-electron chi connectivity index (χ4n) is 1.75. The van der Waals surface area contributed by atoms with E-state index in [2.05, 4.69) is 10.0 Å². The van der Waals surface area contributed by atoms with Gasteiger partial charge >= 0.3 is 0 Å². The van der Waals surface area contributed by atoms with Crippen molar-refractivity contribution in [3.8, 4) is 0 Å². The van der Waals surface area contributed by atoms with Crippen LogP contribution in [-0.4, -0.2) is 35.2 Å². The molecule has 1 aromatic carbocycles. The van der Waals surface area contributed by atoms with Gasteiger partial charge in [0, 0.05) is 23.5 Å². The predicted octanol–water partition coefficient (Wildman–Crippen LogP) is -0.344. The molecule has 6 N–H and O–H groups in total. The van der Waals surface area contributed by atoms with Gasteiger partial charge in [0.2, 0.25) is 20.0 Å². The molecule has 0 radical (unpaired) electrons. The molecule has 0 amide bonds. The largest absolute Gasteiger partial charge is 0.399 e. The van der Waals surface area contributed by atoms with E-state index in [1.54, 1.807) is 13.8 Å². The summed E-state index contributed by atoms with van der Waals surface area (Å²) in [7, 11) is -7.22. The zero-order chi connectivity index (χ0) is 16.5. The van der Waals surface area contributed by atoms with Gasteiger partial charge < -0.3 is 11.1 Å². The smallest absolute Gasteiger partial charge is 0.238 e. The van der Waals surface area contributed by atoms with Crippen LogP contribution in [0.2, 0.25) is 0 Å². The predicted molar refractivity (Wildman–Crippen MR) is 82.8 cm³/mol. The van der Waals surface area contributed by atoms with Gasteiger partial charge in [0.15, 0.2) is 0 Å². The molecule has 0 aliphatic heterocycles. The quantitative estimate of drug-likeness (QED) is 0.523. The van der Waals surface area contributed by atoms with Gasteiger partial charge in [-0.05, 0) is 32.0 Å². The van der Waals surface area contributed by atoms with Crippen molar-refractivity contribution in [1.29, 1.82) is 0 Å². The van der Waals surface area contributed by atoms with E-state index in [1.807, 2.05) is 0 Å². The van der Waals surface area contributed by atoms with Gasteiger partial charge in [-0.2, -0.15) is 0 Å². The maximum Gasteiger partial charge on any atom is 0.238 e. The first-order valence-electron chi connectivity index (χ1n) is 5.95. The van der Waals surface area contributed by atoms with Crippen LogP contribution in [-0.2, 0) is 20.0 Å². The van der Waals surface area contributed by atoms with Crippen molar-refractivity contribution in [3.05, 3.63) is 18.2 Å². The lowest BCUT2D eigenvalue weighted by molar-refractivity contribution is 0.476. The molecule has 1 aromatic rings. The monoisotopic (exact) mass is 336 g/mol. The summed E-state index contributed by atoms with van der Waals surface area (Å²) in [5.74, 6) is 0. The normalized spacial score (nSPS) is 13.1. The zero-order valence-corrected chi connectivity index (χ0v) is 13.7. The summed E-state index contributed by atoms with van der Waals surface area (Å²) in [6.07, 6.45) is 1.06. The van der Waals surface area contributed by atoms with Crippen molar-refractivity contribution >= 4 is 31.4 Å². The number of nitrogen functional groups attached to an aromatic ring is 1. The molecule has 10 heteroatoms. The Hall–Kier alpha value is -1.36. The van der Waals surface area contributed by atoms with Crippen LogP contribution in [0.15, 0.2) is 23.1 Å². The number of anilines is 2. The molecule has 0 bridgehead atoms. The van der Waals surface area contributed by atoms with Crippen molar-refractivity contribution in [2.24, 2.45) is 5.14 Å². The maximum atomic E-state index is 11.3. The number of nitrogens with one attached hydrogen (secondary N) is 2. The van der Waals surface area contributed by atoms with Crippen molar-refractivity contribution < 1.29 is 16.8 Å². The second kappa shape index (κ2) is 5.79. The molecular formula is C11H20N4O4S2. The fraction of sp³-hybridized carbons (Fsp3) is 0.455. The molecule has 21 heavy (non-hydrogen) atoms. The van der Waals surface area contributed by atoms with E-state index in [4.69, 9.17) is 10.9 Å². The highest BCUT2D eigenvalue weighted by atomic mass is 32.2. The number of rotatable bonds is 6. The van der Waals surface area contributed by atoms with E-state index >= 15 is 0 Å². The van der Waals surface area contributed by atoms with Gasteiger partial charge in [0.25, 0.3) is 0 Å². The number of sulfonamides is 2. The van der Waals surface area contributed by atoms with E-state index in [0.717, 1.165) is 6.26 Å². The standard InChI is InChI=1S/C11H20N4O4S2/c1-11(2,15-20(3,16)17)7-14-9-4-8(12)5-10(6-9)21(13,18)19/h4-6,14-15H,7,12H2,1-3H3,(H2,13,18,19). The molecule has 0 unspecified atom stereocenters. The van der Waals surface area contributed by atoms with Crippen LogP contribution in [0.3, 0.4) is 0 Å².